The molecule has 1 rings (SSSR count). The van der Waals surface area contributed by atoms with Gasteiger partial charge in [-0.05, 0) is 38.5 Å². The maximum atomic E-state index is 11.7. The van der Waals surface area contributed by atoms with Crippen molar-refractivity contribution in [1.82, 2.24) is 10.6 Å². The van der Waals surface area contributed by atoms with Gasteiger partial charge in [0.1, 0.15) is 12.1 Å². The van der Waals surface area contributed by atoms with Crippen molar-refractivity contribution in [2.75, 3.05) is 6.54 Å². The van der Waals surface area contributed by atoms with E-state index in [4.69, 9.17) is 9.84 Å². The van der Waals surface area contributed by atoms with Crippen molar-refractivity contribution < 1.29 is 24.2 Å². The van der Waals surface area contributed by atoms with Crippen molar-refractivity contribution in [2.45, 2.75) is 32.9 Å². The highest BCUT2D eigenvalue weighted by molar-refractivity contribution is 5.95. The summed E-state index contributed by atoms with van der Waals surface area (Å²) in [6.07, 6.45) is -0.548. The number of benzene rings is 1. The van der Waals surface area contributed by atoms with Crippen LogP contribution in [0.15, 0.2) is 24.3 Å². The third kappa shape index (κ3) is 6.74. The SMILES string of the molecule is CC(C)(C)OC(=O)NCc1cccc(C(=O)NCC(=O)O)c1. The van der Waals surface area contributed by atoms with Crippen molar-refractivity contribution >= 4 is 18.0 Å². The number of hydrogen-bond donors (Lipinski definition) is 3. The molecular formula is C15H20N2O5. The second-order valence-electron chi connectivity index (χ2n) is 5.63. The van der Waals surface area contributed by atoms with Gasteiger partial charge in [0.05, 0.1) is 0 Å². The van der Waals surface area contributed by atoms with Crippen LogP contribution < -0.4 is 10.6 Å². The standard InChI is InChI=1S/C15H20N2O5/c1-15(2,3)22-14(21)17-8-10-5-4-6-11(7-10)13(20)16-9-12(18)19/h4-7H,8-9H2,1-3H3,(H,16,20)(H,17,21)(H,18,19). The number of nitrogens with one attached hydrogen (secondary N) is 2. The van der Waals surface area contributed by atoms with Gasteiger partial charge in [-0.1, -0.05) is 12.1 Å². The molecule has 0 atom stereocenters. The Balaban J connectivity index is 2.59. The molecule has 22 heavy (non-hydrogen) atoms. The first-order valence-electron chi connectivity index (χ1n) is 6.73. The van der Waals surface area contributed by atoms with Crippen molar-refractivity contribution in [3.63, 3.8) is 0 Å². The summed E-state index contributed by atoms with van der Waals surface area (Å²) in [4.78, 5) is 33.7. The molecule has 0 heterocycles. The van der Waals surface area contributed by atoms with E-state index >= 15 is 0 Å². The zero-order chi connectivity index (χ0) is 16.8. The lowest BCUT2D eigenvalue weighted by Gasteiger charge is -2.19. The summed E-state index contributed by atoms with van der Waals surface area (Å²) in [5.74, 6) is -1.60. The summed E-state index contributed by atoms with van der Waals surface area (Å²) in [5.41, 5.74) is 0.446. The van der Waals surface area contributed by atoms with Crippen molar-refractivity contribution in [3.05, 3.63) is 35.4 Å². The average molecular weight is 308 g/mol. The van der Waals surface area contributed by atoms with Crippen molar-refractivity contribution in [3.8, 4) is 0 Å². The van der Waals surface area contributed by atoms with Gasteiger partial charge in [-0.2, -0.15) is 0 Å². The molecule has 1 aromatic rings. The number of amides is 2. The Labute approximate surface area is 128 Å². The lowest BCUT2D eigenvalue weighted by Crippen LogP contribution is -2.32. The van der Waals surface area contributed by atoms with E-state index in [1.54, 1.807) is 45.0 Å². The van der Waals surface area contributed by atoms with Crippen LogP contribution in [0, 0.1) is 0 Å². The highest BCUT2D eigenvalue weighted by atomic mass is 16.6. The summed E-state index contributed by atoms with van der Waals surface area (Å²) < 4.78 is 5.11. The van der Waals surface area contributed by atoms with Crippen molar-refractivity contribution in [2.24, 2.45) is 0 Å². The molecule has 0 spiro atoms. The summed E-state index contributed by atoms with van der Waals surface area (Å²) in [6, 6.07) is 6.54. The van der Waals surface area contributed by atoms with E-state index in [9.17, 15) is 14.4 Å². The first-order valence-corrected chi connectivity index (χ1v) is 6.73. The van der Waals surface area contributed by atoms with Gasteiger partial charge < -0.3 is 20.5 Å². The molecule has 0 aliphatic carbocycles. The Morgan fingerprint density at radius 1 is 1.18 bits per heavy atom. The fourth-order valence-corrected chi connectivity index (χ4v) is 1.57. The molecule has 0 fully saturated rings. The molecule has 7 nitrogen and oxygen atoms in total. The number of alkyl carbamates (subject to hydrolysis) is 1. The first kappa shape index (κ1) is 17.5. The number of rotatable bonds is 5. The van der Waals surface area contributed by atoms with E-state index in [-0.39, 0.29) is 6.54 Å². The van der Waals surface area contributed by atoms with Crippen LogP contribution in [0.4, 0.5) is 4.79 Å². The van der Waals surface area contributed by atoms with Gasteiger partial charge in [-0.3, -0.25) is 9.59 Å². The van der Waals surface area contributed by atoms with Gasteiger partial charge in [0, 0.05) is 12.1 Å². The maximum Gasteiger partial charge on any atom is 0.407 e. The zero-order valence-electron chi connectivity index (χ0n) is 12.8. The van der Waals surface area contributed by atoms with Crippen LogP contribution in [0.5, 0.6) is 0 Å². The van der Waals surface area contributed by atoms with E-state index in [2.05, 4.69) is 10.6 Å². The zero-order valence-corrected chi connectivity index (χ0v) is 12.8. The molecule has 3 N–H and O–H groups in total. The van der Waals surface area contributed by atoms with E-state index in [1.807, 2.05) is 0 Å². The second kappa shape index (κ2) is 7.44. The Kier molecular flexibility index (Phi) is 5.91. The van der Waals surface area contributed by atoms with Crippen LogP contribution in [0.25, 0.3) is 0 Å². The largest absolute Gasteiger partial charge is 0.480 e. The molecule has 0 aromatic heterocycles. The monoisotopic (exact) mass is 308 g/mol. The normalized spacial score (nSPS) is 10.7. The number of aliphatic carboxylic acids is 1. The minimum Gasteiger partial charge on any atom is -0.480 e. The molecule has 7 heteroatoms. The lowest BCUT2D eigenvalue weighted by atomic mass is 10.1. The maximum absolute atomic E-state index is 11.7. The van der Waals surface area contributed by atoms with Crippen LogP contribution in [-0.2, 0) is 16.1 Å². The van der Waals surface area contributed by atoms with E-state index in [0.29, 0.717) is 11.1 Å². The second-order valence-corrected chi connectivity index (χ2v) is 5.63. The molecule has 0 unspecified atom stereocenters. The van der Waals surface area contributed by atoms with Crippen LogP contribution in [0.2, 0.25) is 0 Å². The van der Waals surface area contributed by atoms with Gasteiger partial charge in [0.15, 0.2) is 0 Å². The van der Waals surface area contributed by atoms with Crippen LogP contribution in [0.1, 0.15) is 36.7 Å². The number of carbonyl (C=O) groups excluding carboxylic acids is 2. The predicted octanol–water partition coefficient (Wildman–Crippen LogP) is 1.53. The van der Waals surface area contributed by atoms with Gasteiger partial charge in [0.2, 0.25) is 0 Å². The Hall–Kier alpha value is -2.57. The number of hydrogen-bond acceptors (Lipinski definition) is 4. The van der Waals surface area contributed by atoms with Gasteiger partial charge in [0.25, 0.3) is 5.91 Å². The molecule has 0 aliphatic rings. The van der Waals surface area contributed by atoms with E-state index < -0.39 is 30.1 Å². The van der Waals surface area contributed by atoms with E-state index in [1.165, 1.54) is 0 Å². The van der Waals surface area contributed by atoms with Crippen LogP contribution >= 0.6 is 0 Å². The Morgan fingerprint density at radius 2 is 1.86 bits per heavy atom. The molecule has 0 radical (unpaired) electrons. The lowest BCUT2D eigenvalue weighted by molar-refractivity contribution is -0.135. The highest BCUT2D eigenvalue weighted by Crippen LogP contribution is 2.08. The number of carboxylic acid groups (broad SMARTS) is 1. The smallest absolute Gasteiger partial charge is 0.407 e. The molecule has 0 aliphatic heterocycles. The summed E-state index contributed by atoms with van der Waals surface area (Å²) in [5, 5.41) is 13.4. The predicted molar refractivity (Wildman–Crippen MR) is 79.5 cm³/mol. The number of carboxylic acids is 1. The number of ether oxygens (including phenoxy) is 1. The fourth-order valence-electron chi connectivity index (χ4n) is 1.57. The molecule has 120 valence electrons. The Morgan fingerprint density at radius 3 is 2.45 bits per heavy atom. The minimum absolute atomic E-state index is 0.203. The van der Waals surface area contributed by atoms with Crippen LogP contribution in [-0.4, -0.2) is 35.2 Å². The topological polar surface area (TPSA) is 105 Å². The van der Waals surface area contributed by atoms with E-state index in [0.717, 1.165) is 0 Å². The fraction of sp³-hybridized carbons (Fsp3) is 0.400. The molecule has 0 saturated carbocycles. The highest BCUT2D eigenvalue weighted by Gasteiger charge is 2.15. The summed E-state index contributed by atoms with van der Waals surface area (Å²) in [7, 11) is 0. The number of carbonyl (C=O) groups is 3. The first-order chi connectivity index (χ1) is 10.2. The molecule has 0 saturated heterocycles. The third-order valence-corrected chi connectivity index (χ3v) is 2.43. The molecule has 0 bridgehead atoms. The van der Waals surface area contributed by atoms with Crippen molar-refractivity contribution in [1.29, 1.82) is 0 Å². The molecule has 2 amide bonds. The van der Waals surface area contributed by atoms with Crippen LogP contribution in [0.3, 0.4) is 0 Å². The molecule has 1 aromatic carbocycles. The third-order valence-electron chi connectivity index (χ3n) is 2.43. The summed E-state index contributed by atoms with van der Waals surface area (Å²) >= 11 is 0. The summed E-state index contributed by atoms with van der Waals surface area (Å²) in [6.45, 7) is 5.05. The Bertz CT molecular complexity index is 563. The quantitative estimate of drug-likeness (QED) is 0.765. The van der Waals surface area contributed by atoms with Gasteiger partial charge in [-0.25, -0.2) is 4.79 Å². The minimum atomic E-state index is -1.11. The average Bonchev–Trinajstić information content (AvgIpc) is 2.41. The molecular weight excluding hydrogens is 288 g/mol. The van der Waals surface area contributed by atoms with Gasteiger partial charge in [-0.15, -0.1) is 0 Å². The van der Waals surface area contributed by atoms with Gasteiger partial charge >= 0.3 is 12.1 Å².